The molecule has 1 N–H and O–H groups in total. The third kappa shape index (κ3) is 6.26. The Hall–Kier alpha value is -0.880. The predicted molar refractivity (Wildman–Crippen MR) is 101 cm³/mol. The third-order valence-electron chi connectivity index (χ3n) is 3.81. The average molecular weight is 404 g/mol. The molecule has 0 radical (unpaired) electrons. The van der Waals surface area contributed by atoms with E-state index in [-0.39, 0.29) is 17.7 Å². The standard InChI is InChI=1S/C17H26BrNO3S/c1-17(19-16(20)21-9-10-23(2,3)4)11-15(12-17)22-14-7-5-13(18)6-8-14/h5-8,15H,9-12H2,1-4H3,(H,19,20). The molecule has 1 aliphatic rings. The molecule has 0 bridgehead atoms. The lowest BCUT2D eigenvalue weighted by atomic mass is 9.76. The van der Waals surface area contributed by atoms with Crippen molar-refractivity contribution in [1.29, 1.82) is 0 Å². The molecule has 1 amide bonds. The van der Waals surface area contributed by atoms with Crippen LogP contribution in [0.15, 0.2) is 28.7 Å². The van der Waals surface area contributed by atoms with E-state index in [1.807, 2.05) is 31.2 Å². The first kappa shape index (κ1) is 18.5. The summed E-state index contributed by atoms with van der Waals surface area (Å²) in [5.41, 5.74) is -0.230. The summed E-state index contributed by atoms with van der Waals surface area (Å²) in [7, 11) is -0.630. The van der Waals surface area contributed by atoms with E-state index < -0.39 is 10.0 Å². The molecule has 1 fully saturated rings. The molecule has 4 nitrogen and oxygen atoms in total. The molecular formula is C17H26BrNO3S. The van der Waals surface area contributed by atoms with Gasteiger partial charge in [0.05, 0.1) is 0 Å². The zero-order chi connectivity index (χ0) is 17.1. The summed E-state index contributed by atoms with van der Waals surface area (Å²) in [5, 5.41) is 2.96. The molecule has 0 heterocycles. The Morgan fingerprint density at radius 3 is 2.48 bits per heavy atom. The number of ether oxygens (including phenoxy) is 2. The fourth-order valence-electron chi connectivity index (χ4n) is 2.50. The smallest absolute Gasteiger partial charge is 0.407 e. The van der Waals surface area contributed by atoms with Crippen molar-refractivity contribution in [3.8, 4) is 5.75 Å². The molecule has 130 valence electrons. The van der Waals surface area contributed by atoms with Gasteiger partial charge in [-0.25, -0.2) is 14.8 Å². The highest BCUT2D eigenvalue weighted by Crippen LogP contribution is 2.36. The molecule has 0 aromatic heterocycles. The van der Waals surface area contributed by atoms with Crippen molar-refractivity contribution in [3.63, 3.8) is 0 Å². The lowest BCUT2D eigenvalue weighted by Gasteiger charge is -2.44. The third-order valence-corrected chi connectivity index (χ3v) is 5.73. The van der Waals surface area contributed by atoms with Gasteiger partial charge in [0.2, 0.25) is 0 Å². The number of alkyl carbamates (subject to hydrolysis) is 1. The Morgan fingerprint density at radius 2 is 1.91 bits per heavy atom. The Balaban J connectivity index is 1.69. The number of amides is 1. The van der Waals surface area contributed by atoms with Crippen LogP contribution in [0.2, 0.25) is 0 Å². The summed E-state index contributed by atoms with van der Waals surface area (Å²) >= 11 is 3.41. The van der Waals surface area contributed by atoms with E-state index >= 15 is 0 Å². The first-order valence-corrected chi connectivity index (χ1v) is 11.5. The van der Waals surface area contributed by atoms with E-state index in [0.29, 0.717) is 6.61 Å². The van der Waals surface area contributed by atoms with E-state index in [9.17, 15) is 4.79 Å². The number of halogens is 1. The number of hydrogen-bond acceptors (Lipinski definition) is 3. The molecule has 2 rings (SSSR count). The monoisotopic (exact) mass is 403 g/mol. The lowest BCUT2D eigenvalue weighted by molar-refractivity contribution is 0.0285. The van der Waals surface area contributed by atoms with Crippen molar-refractivity contribution in [1.82, 2.24) is 5.32 Å². The van der Waals surface area contributed by atoms with Gasteiger partial charge in [-0.15, -0.1) is 0 Å². The maximum absolute atomic E-state index is 11.9. The van der Waals surface area contributed by atoms with Crippen LogP contribution >= 0.6 is 26.0 Å². The van der Waals surface area contributed by atoms with Crippen LogP contribution in [0.1, 0.15) is 19.8 Å². The number of carbonyl (C=O) groups is 1. The molecule has 1 saturated carbocycles. The minimum atomic E-state index is -0.630. The van der Waals surface area contributed by atoms with E-state index in [1.54, 1.807) is 0 Å². The van der Waals surface area contributed by atoms with Crippen LogP contribution in [0.3, 0.4) is 0 Å². The molecule has 0 atom stereocenters. The van der Waals surface area contributed by atoms with Crippen molar-refractivity contribution >= 4 is 32.1 Å². The molecule has 23 heavy (non-hydrogen) atoms. The van der Waals surface area contributed by atoms with Gasteiger partial charge in [-0.05, 0) is 50.0 Å². The van der Waals surface area contributed by atoms with Crippen LogP contribution in [0, 0.1) is 0 Å². The summed E-state index contributed by atoms with van der Waals surface area (Å²) in [6.07, 6.45) is 8.05. The first-order chi connectivity index (χ1) is 10.7. The van der Waals surface area contributed by atoms with Gasteiger partial charge >= 0.3 is 6.09 Å². The van der Waals surface area contributed by atoms with Gasteiger partial charge in [0.1, 0.15) is 18.5 Å². The number of hydrogen-bond donors (Lipinski definition) is 1. The first-order valence-electron chi connectivity index (χ1n) is 7.68. The van der Waals surface area contributed by atoms with E-state index in [4.69, 9.17) is 9.47 Å². The van der Waals surface area contributed by atoms with Crippen molar-refractivity contribution in [2.75, 3.05) is 31.1 Å². The highest BCUT2D eigenvalue weighted by Gasteiger charge is 2.43. The summed E-state index contributed by atoms with van der Waals surface area (Å²) in [4.78, 5) is 11.9. The van der Waals surface area contributed by atoms with E-state index in [2.05, 4.69) is 40.0 Å². The summed E-state index contributed by atoms with van der Waals surface area (Å²) in [6.45, 7) is 2.52. The zero-order valence-corrected chi connectivity index (χ0v) is 16.6. The number of nitrogens with one attached hydrogen (secondary N) is 1. The quantitative estimate of drug-likeness (QED) is 0.774. The molecule has 0 saturated heterocycles. The van der Waals surface area contributed by atoms with Crippen LogP contribution in [0.5, 0.6) is 5.75 Å². The molecule has 1 aromatic carbocycles. The number of benzene rings is 1. The van der Waals surface area contributed by atoms with Gasteiger partial charge in [-0.1, -0.05) is 15.9 Å². The average Bonchev–Trinajstić information content (AvgIpc) is 2.38. The van der Waals surface area contributed by atoms with Crippen molar-refractivity contribution in [2.45, 2.75) is 31.4 Å². The van der Waals surface area contributed by atoms with Crippen LogP contribution in [0.25, 0.3) is 0 Å². The highest BCUT2D eigenvalue weighted by molar-refractivity contribution is 9.10. The van der Waals surface area contributed by atoms with Gasteiger partial charge in [0.25, 0.3) is 0 Å². The topological polar surface area (TPSA) is 47.6 Å². The van der Waals surface area contributed by atoms with Crippen LogP contribution in [0.4, 0.5) is 4.79 Å². The van der Waals surface area contributed by atoms with Gasteiger partial charge in [-0.2, -0.15) is 0 Å². The van der Waals surface area contributed by atoms with Gasteiger partial charge in [0.15, 0.2) is 0 Å². The highest BCUT2D eigenvalue weighted by atomic mass is 79.9. The predicted octanol–water partition coefficient (Wildman–Crippen LogP) is 4.17. The molecule has 1 aromatic rings. The Kier molecular flexibility index (Phi) is 5.89. The van der Waals surface area contributed by atoms with Gasteiger partial charge in [0, 0.05) is 28.6 Å². The van der Waals surface area contributed by atoms with Crippen molar-refractivity contribution < 1.29 is 14.3 Å². The lowest BCUT2D eigenvalue weighted by Crippen LogP contribution is -2.58. The molecule has 6 heteroatoms. The number of rotatable bonds is 6. The van der Waals surface area contributed by atoms with Gasteiger partial charge < -0.3 is 14.8 Å². The van der Waals surface area contributed by atoms with Crippen molar-refractivity contribution in [2.24, 2.45) is 0 Å². The molecule has 0 aliphatic heterocycles. The summed E-state index contributed by atoms with van der Waals surface area (Å²) in [5.74, 6) is 1.79. The molecule has 0 spiro atoms. The Morgan fingerprint density at radius 1 is 1.30 bits per heavy atom. The zero-order valence-electron chi connectivity index (χ0n) is 14.2. The fourth-order valence-corrected chi connectivity index (χ4v) is 3.35. The maximum atomic E-state index is 11.9. The maximum Gasteiger partial charge on any atom is 0.407 e. The number of carbonyl (C=O) groups excluding carboxylic acids is 1. The normalized spacial score (nSPS) is 24.5. The second-order valence-corrected chi connectivity index (χ2v) is 12.7. The molecule has 1 aliphatic carbocycles. The fraction of sp³-hybridized carbons (Fsp3) is 0.588. The second-order valence-electron chi connectivity index (χ2n) is 7.22. The molecular weight excluding hydrogens is 378 g/mol. The van der Waals surface area contributed by atoms with Gasteiger partial charge in [-0.3, -0.25) is 0 Å². The minimum absolute atomic E-state index is 0.139. The largest absolute Gasteiger partial charge is 0.490 e. The van der Waals surface area contributed by atoms with Crippen molar-refractivity contribution in [3.05, 3.63) is 28.7 Å². The van der Waals surface area contributed by atoms with Crippen LogP contribution < -0.4 is 10.1 Å². The second kappa shape index (κ2) is 7.34. The SMILES string of the molecule is CC1(NC(=O)OCCS(C)(C)C)CC(Oc2ccc(Br)cc2)C1. The Bertz CT molecular complexity index is 536. The Labute approximate surface area is 148 Å². The van der Waals surface area contributed by atoms with E-state index in [1.165, 1.54) is 0 Å². The molecule has 0 unspecified atom stereocenters. The summed E-state index contributed by atoms with van der Waals surface area (Å²) < 4.78 is 12.2. The van der Waals surface area contributed by atoms with Crippen LogP contribution in [-0.2, 0) is 4.74 Å². The van der Waals surface area contributed by atoms with Crippen LogP contribution in [-0.4, -0.2) is 48.9 Å². The van der Waals surface area contributed by atoms with E-state index in [0.717, 1.165) is 28.8 Å². The summed E-state index contributed by atoms with van der Waals surface area (Å²) in [6, 6.07) is 7.80. The minimum Gasteiger partial charge on any atom is -0.490 e.